The molecule has 0 amide bonds. The number of nitro benzene ring substituents is 1. The maximum absolute atomic E-state index is 12.2. The molecular formula is C16H18N2O5S. The Hall–Kier alpha value is -2.74. The molecule has 7 nitrogen and oxygen atoms in total. The number of nitro groups is 1. The zero-order chi connectivity index (χ0) is 18.3. The summed E-state index contributed by atoms with van der Waals surface area (Å²) in [5, 5.41) is 10.6. The molecule has 0 radical (unpaired) electrons. The normalized spacial score (nSPS) is 10.3. The quantitative estimate of drug-likeness (QED) is 0.503. The first-order valence-corrected chi connectivity index (χ1v) is 8.66. The monoisotopic (exact) mass is 350 g/mol. The van der Waals surface area contributed by atoms with Gasteiger partial charge in [-0.25, -0.2) is 8.42 Å². The summed E-state index contributed by atoms with van der Waals surface area (Å²) < 4.78 is 26.7. The van der Waals surface area contributed by atoms with Crippen LogP contribution in [0.3, 0.4) is 0 Å². The molecule has 0 aliphatic carbocycles. The van der Waals surface area contributed by atoms with E-state index < -0.39 is 14.9 Å². The molecule has 2 aromatic rings. The molecule has 2 rings (SSSR count). The average molecular weight is 350 g/mol. The van der Waals surface area contributed by atoms with Crippen molar-refractivity contribution in [2.45, 2.75) is 25.7 Å². The summed E-state index contributed by atoms with van der Waals surface area (Å²) in [7, 11) is -3.88. The summed E-state index contributed by atoms with van der Waals surface area (Å²) >= 11 is 0. The molecule has 1 N–H and O–H groups in total. The third-order valence-electron chi connectivity index (χ3n) is 2.88. The standard InChI is InChI=1S/C14H12N2O5S.C2H6/c1-10(17)11-3-2-4-12(9-11)15-22(20,21)14-7-5-13(6-8-14)16(18)19;1-2/h2-9,15H,1H3;1-2H3. The van der Waals surface area contributed by atoms with Gasteiger partial charge in [0.05, 0.1) is 9.82 Å². The number of non-ortho nitro benzene ring substituents is 1. The Balaban J connectivity index is 0.00000139. The summed E-state index contributed by atoms with van der Waals surface area (Å²) in [4.78, 5) is 21.1. The van der Waals surface area contributed by atoms with Crippen molar-refractivity contribution in [3.8, 4) is 0 Å². The molecule has 0 aromatic heterocycles. The number of hydrogen-bond acceptors (Lipinski definition) is 5. The lowest BCUT2D eigenvalue weighted by molar-refractivity contribution is -0.384. The number of Topliss-reactive ketones (excluding diaryl/α,β-unsaturated/α-hetero) is 1. The van der Waals surface area contributed by atoms with E-state index in [-0.39, 0.29) is 22.1 Å². The minimum atomic E-state index is -3.88. The van der Waals surface area contributed by atoms with Crippen LogP contribution >= 0.6 is 0 Å². The van der Waals surface area contributed by atoms with Crippen molar-refractivity contribution in [3.05, 3.63) is 64.2 Å². The zero-order valence-electron chi connectivity index (χ0n) is 13.5. The van der Waals surface area contributed by atoms with E-state index in [1.54, 1.807) is 12.1 Å². The summed E-state index contributed by atoms with van der Waals surface area (Å²) in [5.74, 6) is -0.184. The van der Waals surface area contributed by atoms with Gasteiger partial charge in [0.15, 0.2) is 5.78 Å². The van der Waals surface area contributed by atoms with Gasteiger partial charge >= 0.3 is 0 Å². The second-order valence-corrected chi connectivity index (χ2v) is 6.18. The van der Waals surface area contributed by atoms with Crippen LogP contribution < -0.4 is 4.72 Å². The number of nitrogens with one attached hydrogen (secondary N) is 1. The van der Waals surface area contributed by atoms with Crippen LogP contribution in [0.2, 0.25) is 0 Å². The van der Waals surface area contributed by atoms with Crippen LogP contribution in [-0.2, 0) is 10.0 Å². The Bertz CT molecular complexity index is 830. The molecule has 0 saturated carbocycles. The maximum Gasteiger partial charge on any atom is 0.269 e. The highest BCUT2D eigenvalue weighted by Crippen LogP contribution is 2.20. The van der Waals surface area contributed by atoms with Gasteiger partial charge < -0.3 is 0 Å². The Morgan fingerprint density at radius 1 is 1.08 bits per heavy atom. The van der Waals surface area contributed by atoms with Gasteiger partial charge in [-0.3, -0.25) is 19.6 Å². The van der Waals surface area contributed by atoms with Crippen molar-refractivity contribution in [2.75, 3.05) is 4.72 Å². The summed E-state index contributed by atoms with van der Waals surface area (Å²) in [6.45, 7) is 5.38. The molecule has 0 fully saturated rings. The Kier molecular flexibility index (Phi) is 6.60. The van der Waals surface area contributed by atoms with Crippen LogP contribution in [0.5, 0.6) is 0 Å². The van der Waals surface area contributed by atoms with E-state index >= 15 is 0 Å². The van der Waals surface area contributed by atoms with E-state index in [0.717, 1.165) is 24.3 Å². The predicted octanol–water partition coefficient (Wildman–Crippen LogP) is 3.62. The summed E-state index contributed by atoms with van der Waals surface area (Å²) in [6.07, 6.45) is 0. The maximum atomic E-state index is 12.2. The van der Waals surface area contributed by atoms with Gasteiger partial charge in [-0.1, -0.05) is 26.0 Å². The third kappa shape index (κ3) is 4.88. The van der Waals surface area contributed by atoms with Crippen LogP contribution in [0.4, 0.5) is 11.4 Å². The van der Waals surface area contributed by atoms with Crippen molar-refractivity contribution in [1.29, 1.82) is 0 Å². The van der Waals surface area contributed by atoms with E-state index in [0.29, 0.717) is 5.56 Å². The fourth-order valence-electron chi connectivity index (χ4n) is 1.76. The fraction of sp³-hybridized carbons (Fsp3) is 0.188. The fourth-order valence-corrected chi connectivity index (χ4v) is 2.81. The number of ketones is 1. The minimum absolute atomic E-state index is 0.105. The molecule has 0 atom stereocenters. The van der Waals surface area contributed by atoms with Crippen molar-refractivity contribution >= 4 is 27.2 Å². The van der Waals surface area contributed by atoms with E-state index in [2.05, 4.69) is 4.72 Å². The summed E-state index contributed by atoms with van der Waals surface area (Å²) in [6, 6.07) is 10.6. The number of rotatable bonds is 5. The lowest BCUT2D eigenvalue weighted by atomic mass is 10.1. The Morgan fingerprint density at radius 2 is 1.67 bits per heavy atom. The largest absolute Gasteiger partial charge is 0.295 e. The number of carbonyl (C=O) groups excluding carboxylic acids is 1. The molecule has 24 heavy (non-hydrogen) atoms. The Labute approximate surface area is 140 Å². The first kappa shape index (κ1) is 19.3. The van der Waals surface area contributed by atoms with Crippen LogP contribution in [-0.4, -0.2) is 19.1 Å². The van der Waals surface area contributed by atoms with E-state index in [1.807, 2.05) is 13.8 Å². The zero-order valence-corrected chi connectivity index (χ0v) is 14.3. The van der Waals surface area contributed by atoms with E-state index in [9.17, 15) is 23.3 Å². The number of hydrogen-bond donors (Lipinski definition) is 1. The highest BCUT2D eigenvalue weighted by atomic mass is 32.2. The van der Waals surface area contributed by atoms with Gasteiger partial charge in [0.1, 0.15) is 0 Å². The van der Waals surface area contributed by atoms with Crippen molar-refractivity contribution in [1.82, 2.24) is 0 Å². The number of benzene rings is 2. The highest BCUT2D eigenvalue weighted by Gasteiger charge is 2.16. The molecule has 0 bridgehead atoms. The van der Waals surface area contributed by atoms with E-state index in [1.165, 1.54) is 19.1 Å². The van der Waals surface area contributed by atoms with Gasteiger partial charge in [0.25, 0.3) is 15.7 Å². The molecule has 128 valence electrons. The minimum Gasteiger partial charge on any atom is -0.295 e. The molecule has 0 heterocycles. The van der Waals surface area contributed by atoms with Crippen LogP contribution in [0, 0.1) is 10.1 Å². The topological polar surface area (TPSA) is 106 Å². The van der Waals surface area contributed by atoms with Gasteiger partial charge in [-0.05, 0) is 31.2 Å². The molecule has 8 heteroatoms. The molecule has 0 spiro atoms. The highest BCUT2D eigenvalue weighted by molar-refractivity contribution is 7.92. The van der Waals surface area contributed by atoms with Crippen LogP contribution in [0.15, 0.2) is 53.4 Å². The lowest BCUT2D eigenvalue weighted by Gasteiger charge is -2.08. The molecule has 2 aromatic carbocycles. The molecule has 0 saturated heterocycles. The van der Waals surface area contributed by atoms with Crippen molar-refractivity contribution in [3.63, 3.8) is 0 Å². The molecule has 0 unspecified atom stereocenters. The van der Waals surface area contributed by atoms with Gasteiger partial charge in [0, 0.05) is 23.4 Å². The summed E-state index contributed by atoms with van der Waals surface area (Å²) in [5.41, 5.74) is 0.424. The molecule has 0 aliphatic heterocycles. The molecular weight excluding hydrogens is 332 g/mol. The van der Waals surface area contributed by atoms with Crippen molar-refractivity contribution in [2.24, 2.45) is 0 Å². The second-order valence-electron chi connectivity index (χ2n) is 4.49. The Morgan fingerprint density at radius 3 is 2.17 bits per heavy atom. The third-order valence-corrected chi connectivity index (χ3v) is 4.28. The lowest BCUT2D eigenvalue weighted by Crippen LogP contribution is -2.13. The predicted molar refractivity (Wildman–Crippen MR) is 91.7 cm³/mol. The average Bonchev–Trinajstić information content (AvgIpc) is 2.56. The van der Waals surface area contributed by atoms with Gasteiger partial charge in [-0.15, -0.1) is 0 Å². The van der Waals surface area contributed by atoms with E-state index in [4.69, 9.17) is 0 Å². The van der Waals surface area contributed by atoms with Crippen LogP contribution in [0.25, 0.3) is 0 Å². The number of sulfonamides is 1. The number of anilines is 1. The SMILES string of the molecule is CC.CC(=O)c1cccc(NS(=O)(=O)c2ccc([N+](=O)[O-])cc2)c1. The smallest absolute Gasteiger partial charge is 0.269 e. The second kappa shape index (κ2) is 8.21. The number of carbonyl (C=O) groups is 1. The van der Waals surface area contributed by atoms with Crippen LogP contribution in [0.1, 0.15) is 31.1 Å². The van der Waals surface area contributed by atoms with Gasteiger partial charge in [-0.2, -0.15) is 0 Å². The number of nitrogens with zero attached hydrogens (tertiary/aromatic N) is 1. The van der Waals surface area contributed by atoms with Crippen molar-refractivity contribution < 1.29 is 18.1 Å². The first-order chi connectivity index (χ1) is 11.3. The first-order valence-electron chi connectivity index (χ1n) is 7.18. The van der Waals surface area contributed by atoms with Gasteiger partial charge in [0.2, 0.25) is 0 Å². The molecule has 0 aliphatic rings.